The number of hydrogen-bond acceptors (Lipinski definition) is 3. The van der Waals surface area contributed by atoms with Crippen molar-refractivity contribution in [3.05, 3.63) is 29.8 Å². The lowest BCUT2D eigenvalue weighted by Crippen LogP contribution is -2.32. The van der Waals surface area contributed by atoms with Gasteiger partial charge in [-0.3, -0.25) is 4.79 Å². The van der Waals surface area contributed by atoms with Crippen LogP contribution in [0.4, 0.5) is 0 Å². The molecule has 1 unspecified atom stereocenters. The fourth-order valence-electron chi connectivity index (χ4n) is 1.48. The number of nitrogens with two attached hydrogens (primary N) is 1. The van der Waals surface area contributed by atoms with E-state index in [1.54, 1.807) is 7.11 Å². The molecule has 0 aromatic heterocycles. The Morgan fingerprint density at radius 2 is 2.18 bits per heavy atom. The van der Waals surface area contributed by atoms with E-state index in [-0.39, 0.29) is 17.9 Å². The zero-order valence-corrected chi connectivity index (χ0v) is 10.6. The molecule has 3 N–H and O–H groups in total. The molecule has 1 amide bonds. The van der Waals surface area contributed by atoms with Crippen LogP contribution < -0.4 is 15.8 Å². The van der Waals surface area contributed by atoms with Crippen molar-refractivity contribution in [2.45, 2.75) is 19.9 Å². The molecule has 1 rings (SSSR count). The molecule has 0 heterocycles. The average Bonchev–Trinajstić information content (AvgIpc) is 2.35. The maximum Gasteiger partial charge on any atom is 0.221 e. The second kappa shape index (κ2) is 6.25. The minimum absolute atomic E-state index is 0.159. The molecule has 1 aromatic carbocycles. The number of carbonyl (C=O) groups excluding carboxylic acids is 1. The highest BCUT2D eigenvalue weighted by atomic mass is 16.5. The van der Waals surface area contributed by atoms with Gasteiger partial charge >= 0.3 is 0 Å². The number of nitrogens with one attached hydrogen (secondary N) is 1. The van der Waals surface area contributed by atoms with Gasteiger partial charge in [0.15, 0.2) is 0 Å². The van der Waals surface area contributed by atoms with Crippen LogP contribution in [0.3, 0.4) is 0 Å². The summed E-state index contributed by atoms with van der Waals surface area (Å²) >= 11 is 0. The van der Waals surface area contributed by atoms with Crippen molar-refractivity contribution in [1.82, 2.24) is 5.32 Å². The largest absolute Gasteiger partial charge is 0.497 e. The van der Waals surface area contributed by atoms with E-state index < -0.39 is 0 Å². The molecule has 0 saturated carbocycles. The maximum absolute atomic E-state index is 10.9. The third-order valence-corrected chi connectivity index (χ3v) is 2.81. The summed E-state index contributed by atoms with van der Waals surface area (Å²) in [6.45, 7) is 4.43. The molecule has 0 fully saturated rings. The first kappa shape index (κ1) is 13.5. The predicted octanol–water partition coefficient (Wildman–Crippen LogP) is 1.47. The number of primary amides is 1. The van der Waals surface area contributed by atoms with Crippen LogP contribution in [0.1, 0.15) is 25.5 Å². The number of hydrogen-bond donors (Lipinski definition) is 2. The summed E-state index contributed by atoms with van der Waals surface area (Å²) in [5.41, 5.74) is 6.33. The van der Waals surface area contributed by atoms with Crippen molar-refractivity contribution in [3.63, 3.8) is 0 Å². The zero-order chi connectivity index (χ0) is 12.8. The number of carbonyl (C=O) groups is 1. The highest BCUT2D eigenvalue weighted by Gasteiger charge is 2.11. The number of amides is 1. The van der Waals surface area contributed by atoms with Crippen molar-refractivity contribution in [2.24, 2.45) is 11.7 Å². The van der Waals surface area contributed by atoms with Gasteiger partial charge in [-0.05, 0) is 24.6 Å². The second-order valence-corrected chi connectivity index (χ2v) is 4.21. The Morgan fingerprint density at radius 3 is 2.76 bits per heavy atom. The van der Waals surface area contributed by atoms with Gasteiger partial charge in [0.1, 0.15) is 5.75 Å². The van der Waals surface area contributed by atoms with E-state index in [4.69, 9.17) is 10.5 Å². The van der Waals surface area contributed by atoms with E-state index in [9.17, 15) is 4.79 Å². The Kier molecular flexibility index (Phi) is 4.97. The average molecular weight is 236 g/mol. The lowest BCUT2D eigenvalue weighted by molar-refractivity contribution is -0.121. The monoisotopic (exact) mass is 236 g/mol. The first-order chi connectivity index (χ1) is 8.04. The van der Waals surface area contributed by atoms with Gasteiger partial charge in [-0.2, -0.15) is 0 Å². The molecular formula is C13H20N2O2. The molecule has 1 aromatic rings. The van der Waals surface area contributed by atoms with Crippen molar-refractivity contribution >= 4 is 5.91 Å². The number of methoxy groups -OCH3 is 1. The molecule has 0 aliphatic rings. The van der Waals surface area contributed by atoms with Crippen LogP contribution in [0.5, 0.6) is 5.75 Å². The van der Waals surface area contributed by atoms with Gasteiger partial charge < -0.3 is 15.8 Å². The van der Waals surface area contributed by atoms with E-state index >= 15 is 0 Å². The number of rotatable bonds is 6. The fraction of sp³-hybridized carbons (Fsp3) is 0.462. The summed E-state index contributed by atoms with van der Waals surface area (Å²) in [5, 5.41) is 3.27. The van der Waals surface area contributed by atoms with Crippen LogP contribution in [-0.2, 0) is 4.79 Å². The van der Waals surface area contributed by atoms with Crippen molar-refractivity contribution in [2.75, 3.05) is 13.7 Å². The lowest BCUT2D eigenvalue weighted by Gasteiger charge is -2.17. The summed E-state index contributed by atoms with van der Waals surface area (Å²) < 4.78 is 5.17. The van der Waals surface area contributed by atoms with E-state index in [1.807, 2.05) is 38.1 Å². The molecule has 4 nitrogen and oxygen atoms in total. The van der Waals surface area contributed by atoms with Crippen LogP contribution in [0.15, 0.2) is 24.3 Å². The first-order valence-electron chi connectivity index (χ1n) is 5.71. The second-order valence-electron chi connectivity index (χ2n) is 4.21. The molecule has 17 heavy (non-hydrogen) atoms. The van der Waals surface area contributed by atoms with Gasteiger partial charge in [0.25, 0.3) is 0 Å². The van der Waals surface area contributed by atoms with Gasteiger partial charge in [0, 0.05) is 18.5 Å². The topological polar surface area (TPSA) is 64.3 Å². The normalized spacial score (nSPS) is 14.1. The quantitative estimate of drug-likeness (QED) is 0.786. The number of benzene rings is 1. The molecule has 0 saturated heterocycles. The molecule has 94 valence electrons. The van der Waals surface area contributed by atoms with Crippen LogP contribution >= 0.6 is 0 Å². The van der Waals surface area contributed by atoms with Crippen LogP contribution in [0.25, 0.3) is 0 Å². The highest BCUT2D eigenvalue weighted by molar-refractivity contribution is 5.76. The Balaban J connectivity index is 2.57. The third-order valence-electron chi connectivity index (χ3n) is 2.81. The lowest BCUT2D eigenvalue weighted by atomic mass is 10.1. The summed E-state index contributed by atoms with van der Waals surface area (Å²) in [6.07, 6.45) is 0. The van der Waals surface area contributed by atoms with Crippen molar-refractivity contribution in [1.29, 1.82) is 0 Å². The van der Waals surface area contributed by atoms with Crippen LogP contribution in [-0.4, -0.2) is 19.6 Å². The summed E-state index contributed by atoms with van der Waals surface area (Å²) in [5.74, 6) is 0.387. The van der Waals surface area contributed by atoms with Gasteiger partial charge in [-0.25, -0.2) is 0 Å². The maximum atomic E-state index is 10.9. The Bertz CT molecular complexity index is 379. The molecule has 0 spiro atoms. The summed E-state index contributed by atoms with van der Waals surface area (Å²) in [6, 6.07) is 8.01. The van der Waals surface area contributed by atoms with Gasteiger partial charge in [-0.1, -0.05) is 19.1 Å². The first-order valence-corrected chi connectivity index (χ1v) is 5.71. The standard InChI is InChI=1S/C13H20N2O2/c1-9(13(14)16)8-15-10(2)11-5-4-6-12(7-11)17-3/h4-7,9-10,15H,8H2,1-3H3,(H2,14,16)/t9?,10-/m0/s1. The highest BCUT2D eigenvalue weighted by Crippen LogP contribution is 2.18. The molecular weight excluding hydrogens is 216 g/mol. The van der Waals surface area contributed by atoms with Crippen LogP contribution in [0.2, 0.25) is 0 Å². The molecule has 0 aliphatic heterocycles. The predicted molar refractivity (Wildman–Crippen MR) is 67.8 cm³/mol. The molecule has 0 radical (unpaired) electrons. The summed E-state index contributed by atoms with van der Waals surface area (Å²) in [4.78, 5) is 10.9. The summed E-state index contributed by atoms with van der Waals surface area (Å²) in [7, 11) is 1.65. The third kappa shape index (κ3) is 4.07. The minimum atomic E-state index is -0.282. The Morgan fingerprint density at radius 1 is 1.47 bits per heavy atom. The molecule has 0 aliphatic carbocycles. The number of ether oxygens (including phenoxy) is 1. The van der Waals surface area contributed by atoms with E-state index in [0.717, 1.165) is 11.3 Å². The smallest absolute Gasteiger partial charge is 0.221 e. The molecule has 4 heteroatoms. The SMILES string of the molecule is COc1cccc([C@H](C)NCC(C)C(N)=O)c1. The molecule has 2 atom stereocenters. The van der Waals surface area contributed by atoms with E-state index in [0.29, 0.717) is 6.54 Å². The van der Waals surface area contributed by atoms with Crippen molar-refractivity contribution < 1.29 is 9.53 Å². The van der Waals surface area contributed by atoms with Crippen molar-refractivity contribution in [3.8, 4) is 5.75 Å². The fourth-order valence-corrected chi connectivity index (χ4v) is 1.48. The minimum Gasteiger partial charge on any atom is -0.497 e. The van der Waals surface area contributed by atoms with Crippen LogP contribution in [0, 0.1) is 5.92 Å². The van der Waals surface area contributed by atoms with Gasteiger partial charge in [0.05, 0.1) is 7.11 Å². The Labute approximate surface area is 102 Å². The molecule has 0 bridgehead atoms. The van der Waals surface area contributed by atoms with Gasteiger partial charge in [-0.15, -0.1) is 0 Å². The van der Waals surface area contributed by atoms with E-state index in [1.165, 1.54) is 0 Å². The van der Waals surface area contributed by atoms with E-state index in [2.05, 4.69) is 5.32 Å². The zero-order valence-electron chi connectivity index (χ0n) is 10.6. The Hall–Kier alpha value is -1.55. The van der Waals surface area contributed by atoms with Gasteiger partial charge in [0.2, 0.25) is 5.91 Å².